The Morgan fingerprint density at radius 3 is 2.76 bits per heavy atom. The zero-order valence-electron chi connectivity index (χ0n) is 9.64. The van der Waals surface area contributed by atoms with Crippen molar-refractivity contribution < 1.29 is 9.84 Å². The van der Waals surface area contributed by atoms with Crippen LogP contribution < -0.4 is 4.74 Å². The SMILES string of the molecule is COc1ccc(Br)cc1-c1cc(CO)nn1C. The predicted octanol–water partition coefficient (Wildman–Crippen LogP) is 2.35. The molecule has 0 spiro atoms. The molecule has 1 aromatic heterocycles. The Bertz CT molecular complexity index is 537. The number of aliphatic hydroxyl groups is 1. The average Bonchev–Trinajstić information content (AvgIpc) is 2.70. The van der Waals surface area contributed by atoms with Gasteiger partial charge in [0.1, 0.15) is 5.75 Å². The van der Waals surface area contributed by atoms with Crippen molar-refractivity contribution in [2.75, 3.05) is 7.11 Å². The normalized spacial score (nSPS) is 10.6. The van der Waals surface area contributed by atoms with Crippen molar-refractivity contribution in [3.8, 4) is 17.0 Å². The largest absolute Gasteiger partial charge is 0.496 e. The minimum absolute atomic E-state index is 0.0653. The monoisotopic (exact) mass is 296 g/mol. The molecule has 4 nitrogen and oxygen atoms in total. The molecule has 0 atom stereocenters. The third kappa shape index (κ3) is 2.35. The number of aryl methyl sites for hydroxylation is 1. The molecule has 1 N–H and O–H groups in total. The molecule has 2 aromatic rings. The number of halogens is 1. The standard InChI is InChI=1S/C12H13BrN2O2/c1-15-11(6-9(7-16)14-15)10-5-8(13)3-4-12(10)17-2/h3-6,16H,7H2,1-2H3. The van der Waals surface area contributed by atoms with Crippen LogP contribution in [-0.2, 0) is 13.7 Å². The summed E-state index contributed by atoms with van der Waals surface area (Å²) in [7, 11) is 3.48. The summed E-state index contributed by atoms with van der Waals surface area (Å²) in [6, 6.07) is 7.64. The summed E-state index contributed by atoms with van der Waals surface area (Å²) in [4.78, 5) is 0. The summed E-state index contributed by atoms with van der Waals surface area (Å²) in [6.45, 7) is -0.0653. The van der Waals surface area contributed by atoms with Crippen LogP contribution in [0.15, 0.2) is 28.7 Å². The van der Waals surface area contributed by atoms with Gasteiger partial charge in [0, 0.05) is 17.1 Å². The van der Waals surface area contributed by atoms with E-state index in [1.165, 1.54) is 0 Å². The highest BCUT2D eigenvalue weighted by atomic mass is 79.9. The molecule has 1 aromatic carbocycles. The molecule has 0 aliphatic rings. The number of aliphatic hydroxyl groups excluding tert-OH is 1. The van der Waals surface area contributed by atoms with E-state index in [1.54, 1.807) is 11.8 Å². The Labute approximate surface area is 108 Å². The lowest BCUT2D eigenvalue weighted by Gasteiger charge is -2.08. The number of ether oxygens (including phenoxy) is 1. The predicted molar refractivity (Wildman–Crippen MR) is 68.8 cm³/mol. The zero-order valence-corrected chi connectivity index (χ0v) is 11.2. The van der Waals surface area contributed by atoms with E-state index in [4.69, 9.17) is 9.84 Å². The first-order valence-electron chi connectivity index (χ1n) is 5.13. The quantitative estimate of drug-likeness (QED) is 0.946. The van der Waals surface area contributed by atoms with Crippen LogP contribution in [0.1, 0.15) is 5.69 Å². The van der Waals surface area contributed by atoms with Crippen LogP contribution in [0.4, 0.5) is 0 Å². The van der Waals surface area contributed by atoms with Gasteiger partial charge in [-0.3, -0.25) is 4.68 Å². The summed E-state index contributed by atoms with van der Waals surface area (Å²) in [6.07, 6.45) is 0. The van der Waals surface area contributed by atoms with E-state index < -0.39 is 0 Å². The average molecular weight is 297 g/mol. The van der Waals surface area contributed by atoms with Gasteiger partial charge in [0.05, 0.1) is 25.1 Å². The summed E-state index contributed by atoms with van der Waals surface area (Å²) < 4.78 is 8.03. The Kier molecular flexibility index (Phi) is 3.49. The maximum Gasteiger partial charge on any atom is 0.128 e. The first kappa shape index (κ1) is 12.1. The van der Waals surface area contributed by atoms with Gasteiger partial charge in [0.25, 0.3) is 0 Å². The number of hydrogen-bond acceptors (Lipinski definition) is 3. The highest BCUT2D eigenvalue weighted by Gasteiger charge is 2.12. The van der Waals surface area contributed by atoms with Crippen LogP contribution in [0.2, 0.25) is 0 Å². The number of aromatic nitrogens is 2. The van der Waals surface area contributed by atoms with Crippen molar-refractivity contribution in [2.45, 2.75) is 6.61 Å². The fourth-order valence-electron chi connectivity index (χ4n) is 1.74. The lowest BCUT2D eigenvalue weighted by atomic mass is 10.1. The van der Waals surface area contributed by atoms with E-state index in [9.17, 15) is 0 Å². The number of benzene rings is 1. The van der Waals surface area contributed by atoms with Gasteiger partial charge in [0.2, 0.25) is 0 Å². The fraction of sp³-hybridized carbons (Fsp3) is 0.250. The van der Waals surface area contributed by atoms with E-state index in [2.05, 4.69) is 21.0 Å². The van der Waals surface area contributed by atoms with Crippen LogP contribution in [-0.4, -0.2) is 22.0 Å². The molecule has 0 bridgehead atoms. The summed E-state index contributed by atoms with van der Waals surface area (Å²) in [5, 5.41) is 13.3. The molecule has 1 heterocycles. The molecular formula is C12H13BrN2O2. The Balaban J connectivity index is 2.58. The second kappa shape index (κ2) is 4.89. The van der Waals surface area contributed by atoms with Crippen LogP contribution in [0, 0.1) is 0 Å². The lowest BCUT2D eigenvalue weighted by Crippen LogP contribution is -1.96. The Morgan fingerprint density at radius 2 is 2.18 bits per heavy atom. The molecule has 0 amide bonds. The smallest absolute Gasteiger partial charge is 0.128 e. The van der Waals surface area contributed by atoms with Crippen molar-refractivity contribution in [3.05, 3.63) is 34.4 Å². The maximum atomic E-state index is 9.09. The topological polar surface area (TPSA) is 47.3 Å². The van der Waals surface area contributed by atoms with Crippen molar-refractivity contribution in [1.82, 2.24) is 9.78 Å². The minimum atomic E-state index is -0.0653. The molecule has 0 unspecified atom stereocenters. The second-order valence-corrected chi connectivity index (χ2v) is 4.56. The molecule has 0 saturated heterocycles. The first-order valence-corrected chi connectivity index (χ1v) is 5.92. The molecule has 0 aliphatic carbocycles. The first-order chi connectivity index (χ1) is 8.15. The second-order valence-electron chi connectivity index (χ2n) is 3.65. The zero-order chi connectivity index (χ0) is 12.4. The van der Waals surface area contributed by atoms with E-state index >= 15 is 0 Å². The van der Waals surface area contributed by atoms with Crippen LogP contribution >= 0.6 is 15.9 Å². The van der Waals surface area contributed by atoms with Crippen molar-refractivity contribution in [1.29, 1.82) is 0 Å². The van der Waals surface area contributed by atoms with Crippen LogP contribution in [0.25, 0.3) is 11.3 Å². The third-order valence-electron chi connectivity index (χ3n) is 2.53. The molecule has 0 fully saturated rings. The van der Waals surface area contributed by atoms with Gasteiger partial charge in [-0.2, -0.15) is 5.10 Å². The highest BCUT2D eigenvalue weighted by molar-refractivity contribution is 9.10. The Hall–Kier alpha value is -1.33. The van der Waals surface area contributed by atoms with E-state index in [0.29, 0.717) is 5.69 Å². The molecule has 2 rings (SSSR count). The highest BCUT2D eigenvalue weighted by Crippen LogP contribution is 2.32. The number of hydrogen-bond donors (Lipinski definition) is 1. The maximum absolute atomic E-state index is 9.09. The molecule has 17 heavy (non-hydrogen) atoms. The summed E-state index contributed by atoms with van der Waals surface area (Å²) in [5.41, 5.74) is 2.49. The van der Waals surface area contributed by atoms with Gasteiger partial charge >= 0.3 is 0 Å². The van der Waals surface area contributed by atoms with E-state index in [-0.39, 0.29) is 6.61 Å². The molecular weight excluding hydrogens is 284 g/mol. The van der Waals surface area contributed by atoms with E-state index in [1.807, 2.05) is 31.3 Å². The van der Waals surface area contributed by atoms with Crippen molar-refractivity contribution in [2.24, 2.45) is 7.05 Å². The van der Waals surface area contributed by atoms with Gasteiger partial charge in [0.15, 0.2) is 0 Å². The summed E-state index contributed by atoms with van der Waals surface area (Å²) in [5.74, 6) is 0.778. The third-order valence-corrected chi connectivity index (χ3v) is 3.02. The Morgan fingerprint density at radius 1 is 1.41 bits per heavy atom. The van der Waals surface area contributed by atoms with Gasteiger partial charge in [-0.25, -0.2) is 0 Å². The van der Waals surface area contributed by atoms with Crippen molar-refractivity contribution in [3.63, 3.8) is 0 Å². The number of nitrogens with zero attached hydrogens (tertiary/aromatic N) is 2. The molecule has 5 heteroatoms. The molecule has 90 valence electrons. The molecule has 0 saturated carbocycles. The fourth-order valence-corrected chi connectivity index (χ4v) is 2.10. The number of rotatable bonds is 3. The van der Waals surface area contributed by atoms with Gasteiger partial charge in [-0.05, 0) is 24.3 Å². The summed E-state index contributed by atoms with van der Waals surface area (Å²) >= 11 is 3.44. The van der Waals surface area contributed by atoms with Gasteiger partial charge < -0.3 is 9.84 Å². The lowest BCUT2D eigenvalue weighted by molar-refractivity contribution is 0.275. The van der Waals surface area contributed by atoms with Crippen molar-refractivity contribution >= 4 is 15.9 Å². The van der Waals surface area contributed by atoms with Gasteiger partial charge in [-0.15, -0.1) is 0 Å². The van der Waals surface area contributed by atoms with Gasteiger partial charge in [-0.1, -0.05) is 15.9 Å². The molecule has 0 aliphatic heterocycles. The van der Waals surface area contributed by atoms with E-state index in [0.717, 1.165) is 21.5 Å². The van der Waals surface area contributed by atoms with Crippen LogP contribution in [0.3, 0.4) is 0 Å². The van der Waals surface area contributed by atoms with Crippen LogP contribution in [0.5, 0.6) is 5.75 Å². The molecule has 0 radical (unpaired) electrons. The minimum Gasteiger partial charge on any atom is -0.496 e. The number of methoxy groups -OCH3 is 1.